The molecule has 0 saturated heterocycles. The molecule has 0 heterocycles. The van der Waals surface area contributed by atoms with Gasteiger partial charge < -0.3 is 70.1 Å². The summed E-state index contributed by atoms with van der Waals surface area (Å²) in [6, 6.07) is 72.5. The number of carbonyl (C=O) groups is 5. The molecule has 29 heteroatoms. The predicted molar refractivity (Wildman–Crippen MR) is 540 cm³/mol. The number of anilines is 4. The van der Waals surface area contributed by atoms with Crippen molar-refractivity contribution >= 4 is 86.7 Å². The number of aromatic carboxylic acids is 1. The van der Waals surface area contributed by atoms with Crippen molar-refractivity contribution in [3.63, 3.8) is 0 Å². The molecule has 9 rings (SSSR count). The fourth-order valence-corrected chi connectivity index (χ4v) is 6.29. The van der Waals surface area contributed by atoms with Gasteiger partial charge in [-0.3, -0.25) is 4.79 Å². The number of halogens is 2. The largest absolute Gasteiger partial charge is 0.478 e. The Morgan fingerprint density at radius 3 is 0.612 bits per heavy atom. The molecule has 0 fully saturated rings. The van der Waals surface area contributed by atoms with E-state index in [0.717, 1.165) is 49.9 Å². The number of hydrogen-bond donors (Lipinski definition) is 10. The number of fused-ring (bicyclic) bond motifs is 2. The Bertz CT molecular complexity index is 3160. The van der Waals surface area contributed by atoms with Crippen LogP contribution in [0.5, 0.6) is 0 Å². The van der Waals surface area contributed by atoms with Gasteiger partial charge in [0, 0.05) is 370 Å². The first-order chi connectivity index (χ1) is 56.4. The number of para-hydroxylation sites is 4. The molecule has 0 spiro atoms. The Kier molecular flexibility index (Phi) is 251. The molecule has 0 aromatic heterocycles. The van der Waals surface area contributed by atoms with E-state index in [1.807, 2.05) is 430 Å². The van der Waals surface area contributed by atoms with E-state index in [4.69, 9.17) is 42.3 Å². The van der Waals surface area contributed by atoms with Crippen LogP contribution in [-0.4, -0.2) is 80.1 Å². The third kappa shape index (κ3) is 159. The summed E-state index contributed by atoms with van der Waals surface area (Å²) in [6.07, 6.45) is 0.654. The average Bonchev–Trinajstić information content (AvgIpc) is 0.813. The maximum absolute atomic E-state index is 11.9. The Morgan fingerprint density at radius 2 is 0.473 bits per heavy atom. The van der Waals surface area contributed by atoms with E-state index in [-0.39, 0.29) is 380 Å². The van der Waals surface area contributed by atoms with Crippen LogP contribution in [-0.2, 0) is 178 Å². The monoisotopic (exact) mass is 2310 g/mol. The quantitative estimate of drug-likeness (QED) is 0.0446. The van der Waals surface area contributed by atoms with Crippen LogP contribution in [0.1, 0.15) is 283 Å². The molecule has 0 unspecified atom stereocenters. The number of hydrogen-bond acceptors (Lipinski definition) is 14. The standard InChI is InChI=1S/C13H12O.C11H8O2.C6H5F.3C6H13NO2.4C6H7N.C3H8.12C2H6.CH5N.4Ar.ClH.H3N.5Y/c1-2-13(14)12-9-5-7-10-6-3-4-8-11(10)12;12-11(13)10-7-3-5-8-4-1-2-6-9(8)10;7-6-4-2-1-3-5-6;3*1-6(2,3)9-5(8)7-4;4*7-6-4-2-1-3-5-6;1-3-2;13*1-2;;;;;;;;;;;/h3-9H,2H2,1H3;1-7H,(H,12,13);1-5H;3*1-4H3,(H,7,8);4*1-5H,7H2;3H2,1-2H3;12*1-2H3;2H2,1H3;;;;;1H;1H3;;;;;. The molecule has 741 valence electrons. The summed E-state index contributed by atoms with van der Waals surface area (Å²) in [5, 5.41) is 19.9. The SMILES string of the molecule is CC.CC.CC.CC.CC.CC.CC.CC.CC.CC.CC.CC.CCC.CCC(=O)c1cccc2ccccc12.CN.CNC(=O)OC(C)(C)C.CNC(=O)OC(C)(C)C.CNC(=O)OC(C)(C)C.Cl.Fc1ccccc1.N.Nc1ccccc1.Nc1ccccc1.Nc1ccccc1.Nc1ccccc1.O=C(O)c1cccc2ccccc12.[Ar].[Ar].[Ar].[Ar].[Y].[Y].[Y].[Y].[Y]. The van der Waals surface area contributed by atoms with E-state index in [2.05, 4.69) is 35.5 Å². The smallest absolute Gasteiger partial charge is 0.407 e. The predicted octanol–water partition coefficient (Wildman–Crippen LogP) is 30.2. The van der Waals surface area contributed by atoms with Gasteiger partial charge in [-0.2, -0.15) is 0 Å². The first-order valence-corrected chi connectivity index (χ1v) is 42.3. The van der Waals surface area contributed by atoms with Gasteiger partial charge in [-0.15, -0.1) is 12.4 Å². The van der Waals surface area contributed by atoms with Gasteiger partial charge in [0.15, 0.2) is 5.78 Å². The topological polar surface area (TPSA) is 334 Å². The van der Waals surface area contributed by atoms with Crippen molar-refractivity contribution in [2.24, 2.45) is 5.73 Å². The van der Waals surface area contributed by atoms with Crippen molar-refractivity contribution in [3.05, 3.63) is 254 Å². The van der Waals surface area contributed by atoms with Gasteiger partial charge in [0.25, 0.3) is 0 Å². The number of ether oxygens (including phenoxy) is 3. The number of carbonyl (C=O) groups excluding carboxylic acids is 4. The molecule has 0 saturated carbocycles. The van der Waals surface area contributed by atoms with Gasteiger partial charge in [-0.05, 0) is 158 Å². The van der Waals surface area contributed by atoms with Gasteiger partial charge >= 0.3 is 24.2 Å². The number of Topliss-reactive ketones (excluding diaryl/α,β-unsaturated/α-hetero) is 1. The Morgan fingerprint density at radius 1 is 0.310 bits per heavy atom. The van der Waals surface area contributed by atoms with Crippen LogP contribution in [0.2, 0.25) is 0 Å². The molecular formula is C100H181Ar4ClFN9O9Y5. The van der Waals surface area contributed by atoms with Gasteiger partial charge in [-0.25, -0.2) is 23.6 Å². The van der Waals surface area contributed by atoms with Crippen molar-refractivity contribution in [1.29, 1.82) is 0 Å². The second kappa shape index (κ2) is 162. The molecule has 17 N–H and O–H groups in total. The molecule has 5 radical (unpaired) electrons. The third-order valence-electron chi connectivity index (χ3n) is 10.2. The van der Waals surface area contributed by atoms with Crippen LogP contribution in [0, 0.1) is 157 Å². The molecule has 0 aliphatic rings. The fraction of sp³-hybridized carbons (Fsp3) is 0.450. The zero-order chi connectivity index (χ0) is 96.0. The minimum absolute atomic E-state index is 0. The zero-order valence-corrected chi connectivity index (χ0v) is 105. The van der Waals surface area contributed by atoms with Crippen molar-refractivity contribution in [2.45, 2.75) is 279 Å². The van der Waals surface area contributed by atoms with Crippen molar-refractivity contribution in [3.8, 4) is 0 Å². The number of alkyl carbamates (subject to hydrolysis) is 3. The molecule has 0 atom stereocenters. The summed E-state index contributed by atoms with van der Waals surface area (Å²) in [6.45, 7) is 70.5. The summed E-state index contributed by atoms with van der Waals surface area (Å²) >= 11 is 0. The van der Waals surface area contributed by atoms with Crippen molar-refractivity contribution < 1.29 is 362 Å². The molecule has 18 nitrogen and oxygen atoms in total. The van der Waals surface area contributed by atoms with E-state index >= 15 is 0 Å². The molecule has 0 aliphatic heterocycles. The first-order valence-electron chi connectivity index (χ1n) is 42.3. The number of nitrogen functional groups attached to an aromatic ring is 4. The van der Waals surface area contributed by atoms with E-state index in [9.17, 15) is 28.4 Å². The Labute approximate surface area is 1040 Å². The van der Waals surface area contributed by atoms with E-state index in [1.54, 1.807) is 30.3 Å². The number of amides is 3. The van der Waals surface area contributed by atoms with Gasteiger partial charge in [0.1, 0.15) is 22.6 Å². The van der Waals surface area contributed by atoms with Crippen molar-refractivity contribution in [1.82, 2.24) is 22.1 Å². The summed E-state index contributed by atoms with van der Waals surface area (Å²) in [5.74, 6) is -0.846. The van der Waals surface area contributed by atoms with Gasteiger partial charge in [0.05, 0.1) is 5.56 Å². The fourth-order valence-electron chi connectivity index (χ4n) is 6.29. The third-order valence-corrected chi connectivity index (χ3v) is 10.2. The van der Waals surface area contributed by atoms with Gasteiger partial charge in [0.2, 0.25) is 0 Å². The summed E-state index contributed by atoms with van der Waals surface area (Å²) in [4.78, 5) is 53.9. The average molecular weight is 2310 g/mol. The number of ketones is 1. The van der Waals surface area contributed by atoms with Crippen molar-refractivity contribution in [2.75, 3.05) is 51.1 Å². The molecule has 9 aromatic rings. The summed E-state index contributed by atoms with van der Waals surface area (Å²) in [7, 11) is 6.11. The molecular weight excluding hydrogens is 2130 g/mol. The first kappa shape index (κ1) is 199. The number of carboxylic acids is 1. The minimum Gasteiger partial charge on any atom is -0.478 e. The second-order valence-electron chi connectivity index (χ2n) is 22.0. The number of nitrogens with one attached hydrogen (secondary N) is 3. The minimum atomic E-state index is -0.878. The van der Waals surface area contributed by atoms with Crippen LogP contribution in [0.4, 0.5) is 41.5 Å². The van der Waals surface area contributed by atoms with Gasteiger partial charge in [-0.1, -0.05) is 363 Å². The van der Waals surface area contributed by atoms with E-state index in [0.29, 0.717) is 12.0 Å². The molecule has 3 amide bonds. The van der Waals surface area contributed by atoms with Crippen LogP contribution in [0.25, 0.3) is 21.5 Å². The van der Waals surface area contributed by atoms with Crippen LogP contribution >= 0.6 is 12.4 Å². The van der Waals surface area contributed by atoms with Crippen LogP contribution < -0.4 is 50.8 Å². The summed E-state index contributed by atoms with van der Waals surface area (Å²) < 4.78 is 26.4. The number of rotatable bonds is 3. The normalized spacial score (nSPS) is 7.46. The second-order valence-corrected chi connectivity index (χ2v) is 22.0. The maximum atomic E-state index is 11.9. The number of carboxylic acid groups (broad SMARTS) is 1. The maximum Gasteiger partial charge on any atom is 0.407 e. The molecule has 9 aromatic carbocycles. The zero-order valence-electron chi connectivity index (χ0n) is 87.3. The van der Waals surface area contributed by atoms with Crippen LogP contribution in [0.15, 0.2) is 237 Å². The molecule has 129 heavy (non-hydrogen) atoms. The Hall–Kier alpha value is 0.348. The number of benzene rings is 9. The molecule has 0 bridgehead atoms. The molecule has 0 aliphatic carbocycles. The van der Waals surface area contributed by atoms with Crippen LogP contribution in [0.3, 0.4) is 0 Å². The summed E-state index contributed by atoms with van der Waals surface area (Å²) in [5.41, 5.74) is 29.2. The number of nitrogens with two attached hydrogens (primary N) is 5. The van der Waals surface area contributed by atoms with E-state index < -0.39 is 5.97 Å². The Balaban J connectivity index is -0.0000000367. The van der Waals surface area contributed by atoms with E-state index in [1.165, 1.54) is 46.7 Å².